The first-order chi connectivity index (χ1) is 8.58. The molecule has 0 unspecified atom stereocenters. The summed E-state index contributed by atoms with van der Waals surface area (Å²) < 4.78 is 19.0. The third-order valence-electron chi connectivity index (χ3n) is 2.75. The number of aryl methyl sites for hydroxylation is 1. The minimum absolute atomic E-state index is 0.0380. The molecule has 18 heavy (non-hydrogen) atoms. The summed E-state index contributed by atoms with van der Waals surface area (Å²) in [6, 6.07) is 6.49. The van der Waals surface area contributed by atoms with Crippen molar-refractivity contribution in [2.75, 3.05) is 7.11 Å². The van der Waals surface area contributed by atoms with Crippen LogP contribution in [0.25, 0.3) is 5.69 Å². The van der Waals surface area contributed by atoms with Gasteiger partial charge in [-0.05, 0) is 24.6 Å². The summed E-state index contributed by atoms with van der Waals surface area (Å²) in [5.74, 6) is -0.0739. The van der Waals surface area contributed by atoms with E-state index in [1.165, 1.54) is 13.2 Å². The fraction of sp³-hybridized carbons (Fsp3) is 0.231. The quantitative estimate of drug-likeness (QED) is 0.881. The maximum absolute atomic E-state index is 12.6. The topological polar surface area (TPSA) is 54.6 Å². The summed E-state index contributed by atoms with van der Waals surface area (Å²) in [5.41, 5.74) is 1.43. The summed E-state index contributed by atoms with van der Waals surface area (Å²) in [4.78, 5) is 0. The molecule has 1 aromatic carbocycles. The average molecular weight is 251 g/mol. The zero-order valence-corrected chi connectivity index (χ0v) is 10.1. The summed E-state index contributed by atoms with van der Waals surface area (Å²) in [6.07, 6.45) is 0. The minimum Gasteiger partial charge on any atom is -0.495 e. The normalized spacial score (nSPS) is 10.6. The van der Waals surface area contributed by atoms with E-state index in [4.69, 9.17) is 4.74 Å². The number of methoxy groups -OCH3 is 1. The molecule has 2 N–H and O–H groups in total. The molecule has 0 atom stereocenters. The van der Waals surface area contributed by atoms with E-state index in [9.17, 15) is 14.6 Å². The third-order valence-corrected chi connectivity index (χ3v) is 2.75. The Morgan fingerprint density at radius 1 is 1.28 bits per heavy atom. The maximum Gasteiger partial charge on any atom is 0.204 e. The Morgan fingerprint density at radius 3 is 2.56 bits per heavy atom. The number of nitrogens with zero attached hydrogens (tertiary/aromatic N) is 1. The van der Waals surface area contributed by atoms with Gasteiger partial charge in [-0.1, -0.05) is 6.07 Å². The second-order valence-electron chi connectivity index (χ2n) is 4.00. The molecule has 1 heterocycles. The standard InChI is InChI=1S/C13H14FNO3/c1-8-3-4-11(18-2)10(5-8)15-12(16)6-9(7-14)13(15)17/h3-6,16-17H,7H2,1-2H3. The highest BCUT2D eigenvalue weighted by Gasteiger charge is 2.18. The predicted molar refractivity (Wildman–Crippen MR) is 65.2 cm³/mol. The molecule has 0 spiro atoms. The van der Waals surface area contributed by atoms with E-state index in [0.717, 1.165) is 10.1 Å². The number of hydrogen-bond donors (Lipinski definition) is 2. The largest absolute Gasteiger partial charge is 0.495 e. The van der Waals surface area contributed by atoms with Crippen molar-refractivity contribution in [3.05, 3.63) is 35.4 Å². The Kier molecular flexibility index (Phi) is 3.14. The van der Waals surface area contributed by atoms with Crippen molar-refractivity contribution in [1.82, 2.24) is 4.57 Å². The summed E-state index contributed by atoms with van der Waals surface area (Å²) >= 11 is 0. The van der Waals surface area contributed by atoms with Gasteiger partial charge >= 0.3 is 0 Å². The zero-order valence-electron chi connectivity index (χ0n) is 10.1. The highest BCUT2D eigenvalue weighted by molar-refractivity contribution is 5.55. The lowest BCUT2D eigenvalue weighted by atomic mass is 10.2. The van der Waals surface area contributed by atoms with Crippen molar-refractivity contribution in [1.29, 1.82) is 0 Å². The van der Waals surface area contributed by atoms with E-state index in [1.54, 1.807) is 12.1 Å². The molecule has 0 aliphatic heterocycles. The van der Waals surface area contributed by atoms with Gasteiger partial charge in [0.25, 0.3) is 0 Å². The van der Waals surface area contributed by atoms with Crippen molar-refractivity contribution in [3.63, 3.8) is 0 Å². The van der Waals surface area contributed by atoms with Crippen molar-refractivity contribution < 1.29 is 19.3 Å². The average Bonchev–Trinajstić information content (AvgIpc) is 2.64. The molecular formula is C13H14FNO3. The molecule has 0 bridgehead atoms. The van der Waals surface area contributed by atoms with Gasteiger partial charge in [0, 0.05) is 11.6 Å². The number of aromatic nitrogens is 1. The SMILES string of the molecule is COc1ccc(C)cc1-n1c(O)cc(CF)c1O. The van der Waals surface area contributed by atoms with E-state index >= 15 is 0 Å². The molecule has 96 valence electrons. The number of aromatic hydroxyl groups is 2. The predicted octanol–water partition coefficient (Wildman–Crippen LogP) is 2.68. The molecule has 0 radical (unpaired) electrons. The first-order valence-corrected chi connectivity index (χ1v) is 5.42. The van der Waals surface area contributed by atoms with Crippen molar-refractivity contribution >= 4 is 0 Å². The monoisotopic (exact) mass is 251 g/mol. The van der Waals surface area contributed by atoms with Gasteiger partial charge in [0.1, 0.15) is 12.4 Å². The molecule has 0 fully saturated rings. The van der Waals surface area contributed by atoms with Crippen LogP contribution in [0, 0.1) is 6.92 Å². The highest BCUT2D eigenvalue weighted by atomic mass is 19.1. The van der Waals surface area contributed by atoms with Crippen LogP contribution in [0.1, 0.15) is 11.1 Å². The molecule has 4 nitrogen and oxygen atoms in total. The van der Waals surface area contributed by atoms with E-state index in [-0.39, 0.29) is 17.3 Å². The first-order valence-electron chi connectivity index (χ1n) is 5.42. The van der Waals surface area contributed by atoms with Crippen molar-refractivity contribution in [2.45, 2.75) is 13.6 Å². The molecule has 1 aromatic heterocycles. The number of rotatable bonds is 3. The minimum atomic E-state index is -0.847. The van der Waals surface area contributed by atoms with Crippen LogP contribution < -0.4 is 4.74 Å². The van der Waals surface area contributed by atoms with Crippen LogP contribution in [0.2, 0.25) is 0 Å². The summed E-state index contributed by atoms with van der Waals surface area (Å²) in [6.45, 7) is 1.02. The molecule has 0 aliphatic rings. The Labute approximate surface area is 104 Å². The van der Waals surface area contributed by atoms with E-state index in [0.29, 0.717) is 11.4 Å². The Hall–Kier alpha value is -2.17. The van der Waals surface area contributed by atoms with Crippen LogP contribution in [0.15, 0.2) is 24.3 Å². The zero-order chi connectivity index (χ0) is 13.3. The third kappa shape index (κ3) is 1.88. The van der Waals surface area contributed by atoms with Gasteiger partial charge in [-0.3, -0.25) is 0 Å². The van der Waals surface area contributed by atoms with E-state index in [1.807, 2.05) is 13.0 Å². The van der Waals surface area contributed by atoms with Crippen LogP contribution in [-0.2, 0) is 6.67 Å². The lowest BCUT2D eigenvalue weighted by Gasteiger charge is -2.12. The van der Waals surface area contributed by atoms with Crippen LogP contribution in [0.5, 0.6) is 17.5 Å². The second-order valence-corrected chi connectivity index (χ2v) is 4.00. The van der Waals surface area contributed by atoms with Gasteiger partial charge in [-0.15, -0.1) is 0 Å². The van der Waals surface area contributed by atoms with E-state index < -0.39 is 6.67 Å². The van der Waals surface area contributed by atoms with Crippen molar-refractivity contribution in [2.24, 2.45) is 0 Å². The van der Waals surface area contributed by atoms with Gasteiger partial charge in [0.2, 0.25) is 5.88 Å². The highest BCUT2D eigenvalue weighted by Crippen LogP contribution is 2.36. The molecule has 2 aromatic rings. The van der Waals surface area contributed by atoms with Gasteiger partial charge in [-0.25, -0.2) is 8.96 Å². The summed E-state index contributed by atoms with van der Waals surface area (Å²) in [7, 11) is 1.49. The van der Waals surface area contributed by atoms with Crippen molar-refractivity contribution in [3.8, 4) is 23.2 Å². The lowest BCUT2D eigenvalue weighted by Crippen LogP contribution is -1.98. The van der Waals surface area contributed by atoms with Crippen LogP contribution in [-0.4, -0.2) is 21.9 Å². The fourth-order valence-corrected chi connectivity index (χ4v) is 1.85. The van der Waals surface area contributed by atoms with Gasteiger partial charge in [0.05, 0.1) is 12.8 Å². The number of benzene rings is 1. The molecule has 0 aliphatic carbocycles. The number of ether oxygens (including phenoxy) is 1. The fourth-order valence-electron chi connectivity index (χ4n) is 1.85. The van der Waals surface area contributed by atoms with Crippen LogP contribution >= 0.6 is 0 Å². The lowest BCUT2D eigenvalue weighted by molar-refractivity contribution is 0.381. The van der Waals surface area contributed by atoms with Gasteiger partial charge < -0.3 is 14.9 Å². The summed E-state index contributed by atoms with van der Waals surface area (Å²) in [5, 5.41) is 19.7. The van der Waals surface area contributed by atoms with Crippen LogP contribution in [0.3, 0.4) is 0 Å². The second kappa shape index (κ2) is 4.60. The van der Waals surface area contributed by atoms with E-state index in [2.05, 4.69) is 0 Å². The van der Waals surface area contributed by atoms with Crippen LogP contribution in [0.4, 0.5) is 4.39 Å². The molecule has 0 saturated carbocycles. The number of hydrogen-bond acceptors (Lipinski definition) is 3. The van der Waals surface area contributed by atoms with Gasteiger partial charge in [0.15, 0.2) is 5.88 Å². The molecule has 2 rings (SSSR count). The Balaban J connectivity index is 2.68. The molecule has 0 amide bonds. The first kappa shape index (κ1) is 12.3. The smallest absolute Gasteiger partial charge is 0.204 e. The number of alkyl halides is 1. The Morgan fingerprint density at radius 2 is 2.00 bits per heavy atom. The number of halogens is 1. The maximum atomic E-state index is 12.6. The van der Waals surface area contributed by atoms with Gasteiger partial charge in [-0.2, -0.15) is 0 Å². The molecular weight excluding hydrogens is 237 g/mol. The Bertz CT molecular complexity index is 578. The molecule has 0 saturated heterocycles. The molecule has 5 heteroatoms.